The summed E-state index contributed by atoms with van der Waals surface area (Å²) in [6.45, 7) is 1.98. The van der Waals surface area contributed by atoms with Crippen molar-refractivity contribution < 1.29 is 13.6 Å². The Balaban J connectivity index is 1.34. The molecule has 1 N–H and O–H groups in total. The predicted molar refractivity (Wildman–Crippen MR) is 95.1 cm³/mol. The van der Waals surface area contributed by atoms with Gasteiger partial charge in [-0.3, -0.25) is 4.79 Å². The fourth-order valence-electron chi connectivity index (χ4n) is 3.09. The van der Waals surface area contributed by atoms with Crippen LogP contribution in [0.4, 0.5) is 9.52 Å². The number of nitrogens with one attached hydrogen (secondary N) is 1. The Hall–Kier alpha value is -2.41. The Kier molecular flexibility index (Phi) is 4.40. The van der Waals surface area contributed by atoms with Crippen LogP contribution in [0.3, 0.4) is 0 Å². The molecule has 130 valence electrons. The molecule has 4 rings (SSSR count). The van der Waals surface area contributed by atoms with Crippen LogP contribution in [-0.2, 0) is 11.3 Å². The van der Waals surface area contributed by atoms with E-state index in [0.717, 1.165) is 47.0 Å². The number of hydrogen-bond donors (Lipinski definition) is 1. The molecule has 0 radical (unpaired) electrons. The van der Waals surface area contributed by atoms with E-state index in [-0.39, 0.29) is 17.6 Å². The topological polar surface area (TPSA) is 58.4 Å². The van der Waals surface area contributed by atoms with Crippen molar-refractivity contribution in [1.29, 1.82) is 0 Å². The molecule has 1 saturated heterocycles. The number of hydrogen-bond acceptors (Lipinski definition) is 5. The molecule has 1 aromatic carbocycles. The summed E-state index contributed by atoms with van der Waals surface area (Å²) >= 11 is 1.50. The number of fused-ring (bicyclic) bond motifs is 1. The Morgan fingerprint density at radius 3 is 2.96 bits per heavy atom. The highest BCUT2D eigenvalue weighted by Gasteiger charge is 2.26. The van der Waals surface area contributed by atoms with E-state index in [4.69, 9.17) is 4.42 Å². The number of amides is 1. The number of benzene rings is 1. The lowest BCUT2D eigenvalue weighted by molar-refractivity contribution is -0.125. The molecule has 5 nitrogen and oxygen atoms in total. The normalized spacial score (nSPS) is 15.6. The highest BCUT2D eigenvalue weighted by Crippen LogP contribution is 2.31. The van der Waals surface area contributed by atoms with Gasteiger partial charge in [-0.2, -0.15) is 0 Å². The molecule has 1 aliphatic rings. The largest absolute Gasteiger partial charge is 0.467 e. The smallest absolute Gasteiger partial charge is 0.223 e. The van der Waals surface area contributed by atoms with Crippen LogP contribution in [0.2, 0.25) is 0 Å². The number of carbonyl (C=O) groups excluding carboxylic acids is 1. The molecule has 0 spiro atoms. The lowest BCUT2D eigenvalue weighted by Crippen LogP contribution is -2.40. The van der Waals surface area contributed by atoms with E-state index in [1.165, 1.54) is 23.5 Å². The average Bonchev–Trinajstić information content (AvgIpc) is 3.29. The monoisotopic (exact) mass is 359 g/mol. The number of rotatable bonds is 4. The molecule has 2 aromatic heterocycles. The first-order chi connectivity index (χ1) is 12.2. The second-order valence-corrected chi connectivity index (χ2v) is 7.18. The van der Waals surface area contributed by atoms with Crippen molar-refractivity contribution in [3.05, 3.63) is 48.2 Å². The van der Waals surface area contributed by atoms with E-state index in [1.54, 1.807) is 12.3 Å². The van der Waals surface area contributed by atoms with E-state index >= 15 is 0 Å². The zero-order chi connectivity index (χ0) is 17.2. The molecule has 0 bridgehead atoms. The van der Waals surface area contributed by atoms with E-state index < -0.39 is 0 Å². The maximum absolute atomic E-state index is 13.3. The lowest BCUT2D eigenvalue weighted by Gasteiger charge is -2.30. The summed E-state index contributed by atoms with van der Waals surface area (Å²) in [4.78, 5) is 19.1. The van der Waals surface area contributed by atoms with Crippen molar-refractivity contribution >= 4 is 32.6 Å². The van der Waals surface area contributed by atoms with Crippen LogP contribution in [0, 0.1) is 11.7 Å². The van der Waals surface area contributed by atoms with Gasteiger partial charge in [0.05, 0.1) is 23.0 Å². The molecular weight excluding hydrogens is 341 g/mol. The molecule has 3 heterocycles. The van der Waals surface area contributed by atoms with Crippen molar-refractivity contribution in [2.45, 2.75) is 19.4 Å². The maximum Gasteiger partial charge on any atom is 0.223 e. The summed E-state index contributed by atoms with van der Waals surface area (Å²) in [5.41, 5.74) is 0.819. The molecule has 1 aliphatic heterocycles. The van der Waals surface area contributed by atoms with Crippen LogP contribution in [0.5, 0.6) is 0 Å². The first-order valence-electron chi connectivity index (χ1n) is 8.30. The Morgan fingerprint density at radius 1 is 1.36 bits per heavy atom. The molecule has 0 saturated carbocycles. The first kappa shape index (κ1) is 16.1. The number of piperidine rings is 1. The SMILES string of the molecule is O=C(NCc1ccco1)C1CCN(c2nc3ccc(F)cc3s2)CC1. The number of carbonyl (C=O) groups is 1. The molecule has 1 fully saturated rings. The van der Waals surface area contributed by atoms with Crippen molar-refractivity contribution in [1.82, 2.24) is 10.3 Å². The molecule has 1 amide bonds. The molecule has 0 aliphatic carbocycles. The number of halogens is 1. The van der Waals surface area contributed by atoms with Gasteiger partial charge < -0.3 is 14.6 Å². The van der Waals surface area contributed by atoms with Gasteiger partial charge in [0.2, 0.25) is 5.91 Å². The number of aromatic nitrogens is 1. The minimum Gasteiger partial charge on any atom is -0.467 e. The third-order valence-electron chi connectivity index (χ3n) is 4.49. The number of furan rings is 1. The molecule has 7 heteroatoms. The summed E-state index contributed by atoms with van der Waals surface area (Å²) in [5, 5.41) is 3.83. The number of anilines is 1. The minimum atomic E-state index is -0.241. The molecule has 3 aromatic rings. The van der Waals surface area contributed by atoms with Gasteiger partial charge in [-0.1, -0.05) is 11.3 Å². The van der Waals surface area contributed by atoms with Crippen molar-refractivity contribution in [3.8, 4) is 0 Å². The van der Waals surface area contributed by atoms with Gasteiger partial charge in [-0.05, 0) is 43.2 Å². The summed E-state index contributed by atoms with van der Waals surface area (Å²) in [5.74, 6) is 0.600. The van der Waals surface area contributed by atoms with Crippen molar-refractivity contribution in [2.75, 3.05) is 18.0 Å². The standard InChI is InChI=1S/C18H18FN3O2S/c19-13-3-4-15-16(10-13)25-18(21-15)22-7-5-12(6-8-22)17(23)20-11-14-2-1-9-24-14/h1-4,9-10,12H,5-8,11H2,(H,20,23). The van der Waals surface area contributed by atoms with Crippen LogP contribution in [0.25, 0.3) is 10.2 Å². The minimum absolute atomic E-state index is 0.0121. The number of nitrogens with zero attached hydrogens (tertiary/aromatic N) is 2. The molecular formula is C18H18FN3O2S. The van der Waals surface area contributed by atoms with Gasteiger partial charge in [0, 0.05) is 19.0 Å². The summed E-state index contributed by atoms with van der Waals surface area (Å²) in [6.07, 6.45) is 3.17. The lowest BCUT2D eigenvalue weighted by atomic mass is 9.96. The van der Waals surface area contributed by atoms with Crippen LogP contribution in [0.1, 0.15) is 18.6 Å². The number of thiazole rings is 1. The average molecular weight is 359 g/mol. The van der Waals surface area contributed by atoms with E-state index in [0.29, 0.717) is 6.54 Å². The van der Waals surface area contributed by atoms with Gasteiger partial charge in [-0.25, -0.2) is 9.37 Å². The summed E-state index contributed by atoms with van der Waals surface area (Å²) in [7, 11) is 0. The van der Waals surface area contributed by atoms with Gasteiger partial charge in [0.1, 0.15) is 11.6 Å². The zero-order valence-corrected chi connectivity index (χ0v) is 14.4. The van der Waals surface area contributed by atoms with Crippen LogP contribution >= 0.6 is 11.3 Å². The highest BCUT2D eigenvalue weighted by atomic mass is 32.1. The second-order valence-electron chi connectivity index (χ2n) is 6.17. The maximum atomic E-state index is 13.3. The predicted octanol–water partition coefficient (Wildman–Crippen LogP) is 3.56. The third-order valence-corrected chi connectivity index (χ3v) is 5.57. The Morgan fingerprint density at radius 2 is 2.20 bits per heavy atom. The van der Waals surface area contributed by atoms with Gasteiger partial charge in [0.15, 0.2) is 5.13 Å². The van der Waals surface area contributed by atoms with Gasteiger partial charge in [0.25, 0.3) is 0 Å². The molecule has 0 unspecified atom stereocenters. The van der Waals surface area contributed by atoms with Crippen LogP contribution in [0.15, 0.2) is 41.0 Å². The fourth-order valence-corrected chi connectivity index (χ4v) is 4.13. The summed E-state index contributed by atoms with van der Waals surface area (Å²) in [6, 6.07) is 8.31. The van der Waals surface area contributed by atoms with Gasteiger partial charge >= 0.3 is 0 Å². The highest BCUT2D eigenvalue weighted by molar-refractivity contribution is 7.22. The Labute approximate surface area is 148 Å². The Bertz CT molecular complexity index is 870. The van der Waals surface area contributed by atoms with Crippen molar-refractivity contribution in [2.24, 2.45) is 5.92 Å². The zero-order valence-electron chi connectivity index (χ0n) is 13.6. The summed E-state index contributed by atoms with van der Waals surface area (Å²) < 4.78 is 19.4. The van der Waals surface area contributed by atoms with E-state index in [1.807, 2.05) is 12.1 Å². The van der Waals surface area contributed by atoms with E-state index in [2.05, 4.69) is 15.2 Å². The first-order valence-corrected chi connectivity index (χ1v) is 9.12. The van der Waals surface area contributed by atoms with Gasteiger partial charge in [-0.15, -0.1) is 0 Å². The fraction of sp³-hybridized carbons (Fsp3) is 0.333. The third kappa shape index (κ3) is 3.51. The van der Waals surface area contributed by atoms with E-state index in [9.17, 15) is 9.18 Å². The second kappa shape index (κ2) is 6.84. The van der Waals surface area contributed by atoms with Crippen molar-refractivity contribution in [3.63, 3.8) is 0 Å². The van der Waals surface area contributed by atoms with Crippen LogP contribution in [-0.4, -0.2) is 24.0 Å². The molecule has 25 heavy (non-hydrogen) atoms. The molecule has 0 atom stereocenters. The van der Waals surface area contributed by atoms with Crippen LogP contribution < -0.4 is 10.2 Å². The quantitative estimate of drug-likeness (QED) is 0.774.